The fourth-order valence-electron chi connectivity index (χ4n) is 2.44. The number of ether oxygens (including phenoxy) is 1. The van der Waals surface area contributed by atoms with Crippen molar-refractivity contribution in [2.75, 3.05) is 18.1 Å². The summed E-state index contributed by atoms with van der Waals surface area (Å²) in [4.78, 5) is 4.03. The molecule has 0 spiro atoms. The highest BCUT2D eigenvalue weighted by Gasteiger charge is 2.08. The molecular formula is C19H20N4O2. The number of nitrogens with zero attached hydrogens (tertiary/aromatic N) is 1. The Bertz CT molecular complexity index is 930. The van der Waals surface area contributed by atoms with Crippen LogP contribution in [0.15, 0.2) is 60.0 Å². The summed E-state index contributed by atoms with van der Waals surface area (Å²) in [5.41, 5.74) is 13.6. The number of hydrogen-bond acceptors (Lipinski definition) is 6. The van der Waals surface area contributed by atoms with Crippen LogP contribution in [0.1, 0.15) is 11.3 Å². The Morgan fingerprint density at radius 1 is 1.24 bits per heavy atom. The van der Waals surface area contributed by atoms with Crippen molar-refractivity contribution >= 4 is 28.3 Å². The third-order valence-corrected chi connectivity index (χ3v) is 3.65. The van der Waals surface area contributed by atoms with E-state index in [1.54, 1.807) is 18.2 Å². The summed E-state index contributed by atoms with van der Waals surface area (Å²) in [7, 11) is 0. The topological polar surface area (TPSA) is 99.3 Å². The van der Waals surface area contributed by atoms with Crippen LogP contribution in [0.5, 0.6) is 5.75 Å². The quantitative estimate of drug-likeness (QED) is 0.572. The van der Waals surface area contributed by atoms with Gasteiger partial charge in [-0.3, -0.25) is 0 Å². The Hall–Kier alpha value is -3.41. The van der Waals surface area contributed by atoms with Gasteiger partial charge in [-0.2, -0.15) is 0 Å². The highest BCUT2D eigenvalue weighted by molar-refractivity contribution is 5.79. The van der Waals surface area contributed by atoms with Gasteiger partial charge in [0.1, 0.15) is 35.3 Å². The van der Waals surface area contributed by atoms with Gasteiger partial charge in [-0.05, 0) is 36.4 Å². The van der Waals surface area contributed by atoms with Crippen LogP contribution < -0.4 is 21.5 Å². The summed E-state index contributed by atoms with van der Waals surface area (Å²) < 4.78 is 11.3. The molecule has 128 valence electrons. The number of fused-ring (bicyclic) bond motifs is 1. The van der Waals surface area contributed by atoms with Crippen LogP contribution in [0.4, 0.5) is 11.6 Å². The van der Waals surface area contributed by atoms with Crippen LogP contribution in [-0.2, 0) is 6.54 Å². The zero-order valence-corrected chi connectivity index (χ0v) is 13.8. The number of furan rings is 1. The summed E-state index contributed by atoms with van der Waals surface area (Å²) in [6, 6.07) is 11.1. The predicted molar refractivity (Wildman–Crippen MR) is 101 cm³/mol. The number of rotatable bonds is 7. The molecule has 6 nitrogen and oxygen atoms in total. The molecule has 0 aliphatic heterocycles. The fourth-order valence-corrected chi connectivity index (χ4v) is 2.44. The minimum absolute atomic E-state index is 0.339. The van der Waals surface area contributed by atoms with E-state index in [2.05, 4.69) is 23.5 Å². The molecule has 3 rings (SSSR count). The Morgan fingerprint density at radius 3 is 2.84 bits per heavy atom. The maximum atomic E-state index is 5.87. The zero-order chi connectivity index (χ0) is 17.8. The van der Waals surface area contributed by atoms with Gasteiger partial charge in [0.05, 0.1) is 6.54 Å². The maximum absolute atomic E-state index is 5.87. The first-order valence-electron chi connectivity index (χ1n) is 7.78. The number of nitrogens with two attached hydrogens (primary N) is 2. The van der Waals surface area contributed by atoms with Crippen LogP contribution in [-0.4, -0.2) is 11.6 Å². The average Bonchev–Trinajstić information content (AvgIpc) is 3.00. The molecule has 6 heteroatoms. The average molecular weight is 336 g/mol. The molecule has 0 bridgehead atoms. The Balaban J connectivity index is 1.70. The minimum Gasteiger partial charge on any atom is -0.490 e. The zero-order valence-electron chi connectivity index (χ0n) is 13.8. The Kier molecular flexibility index (Phi) is 4.61. The van der Waals surface area contributed by atoms with Crippen molar-refractivity contribution in [3.63, 3.8) is 0 Å². The van der Waals surface area contributed by atoms with E-state index in [1.807, 2.05) is 24.3 Å². The largest absolute Gasteiger partial charge is 0.490 e. The summed E-state index contributed by atoms with van der Waals surface area (Å²) in [6.45, 7) is 8.57. The predicted octanol–water partition coefficient (Wildman–Crippen LogP) is 3.32. The van der Waals surface area contributed by atoms with Crippen LogP contribution in [0.25, 0.3) is 16.7 Å². The second kappa shape index (κ2) is 7.00. The van der Waals surface area contributed by atoms with E-state index in [1.165, 1.54) is 0 Å². The first-order valence-corrected chi connectivity index (χ1v) is 7.78. The van der Waals surface area contributed by atoms with Gasteiger partial charge in [0.25, 0.3) is 0 Å². The molecule has 3 aromatic rings. The van der Waals surface area contributed by atoms with Crippen LogP contribution in [0, 0.1) is 0 Å². The van der Waals surface area contributed by atoms with Crippen molar-refractivity contribution in [1.29, 1.82) is 0 Å². The normalized spacial score (nSPS) is 10.6. The molecule has 0 saturated heterocycles. The number of pyridine rings is 1. The molecular weight excluding hydrogens is 316 g/mol. The lowest BCUT2D eigenvalue weighted by molar-refractivity contribution is 0.363. The lowest BCUT2D eigenvalue weighted by Crippen LogP contribution is -2.12. The van der Waals surface area contributed by atoms with Gasteiger partial charge in [-0.15, -0.1) is 0 Å². The first-order chi connectivity index (χ1) is 12.1. The summed E-state index contributed by atoms with van der Waals surface area (Å²) in [5.74, 6) is 2.27. The van der Waals surface area contributed by atoms with Gasteiger partial charge >= 0.3 is 0 Å². The smallest absolute Gasteiger partial charge is 0.135 e. The first kappa shape index (κ1) is 16.4. The summed E-state index contributed by atoms with van der Waals surface area (Å²) >= 11 is 0. The van der Waals surface area contributed by atoms with Crippen LogP contribution >= 0.6 is 0 Å². The lowest BCUT2D eigenvalue weighted by Gasteiger charge is -2.10. The lowest BCUT2D eigenvalue weighted by atomic mass is 10.2. The van der Waals surface area contributed by atoms with Gasteiger partial charge in [0.2, 0.25) is 0 Å². The third-order valence-electron chi connectivity index (χ3n) is 3.65. The molecule has 0 radical (unpaired) electrons. The summed E-state index contributed by atoms with van der Waals surface area (Å²) in [5, 5.41) is 4.16. The highest BCUT2D eigenvalue weighted by Crippen LogP contribution is 2.25. The number of hydrogen-bond donors (Lipinski definition) is 3. The SMILES string of the molecule is C=CCOc1ccc2oc(CNC(=C)c3ccc(N)nc3N)cc2c1. The molecule has 0 amide bonds. The Labute approximate surface area is 145 Å². The number of nitrogen functional groups attached to an aromatic ring is 2. The molecule has 1 aromatic carbocycles. The van der Waals surface area contributed by atoms with Crippen molar-refractivity contribution in [2.45, 2.75) is 6.54 Å². The van der Waals surface area contributed by atoms with E-state index in [-0.39, 0.29) is 0 Å². The molecule has 0 aliphatic rings. The number of benzene rings is 1. The van der Waals surface area contributed by atoms with Gasteiger partial charge < -0.3 is 25.9 Å². The molecule has 0 atom stereocenters. The van der Waals surface area contributed by atoms with Gasteiger partial charge in [0, 0.05) is 16.6 Å². The highest BCUT2D eigenvalue weighted by atomic mass is 16.5. The number of anilines is 2. The van der Waals surface area contributed by atoms with Crippen LogP contribution in [0.2, 0.25) is 0 Å². The van der Waals surface area contributed by atoms with Crippen molar-refractivity contribution in [3.05, 3.63) is 67.0 Å². The Morgan fingerprint density at radius 2 is 2.08 bits per heavy atom. The van der Waals surface area contributed by atoms with Gasteiger partial charge in [-0.25, -0.2) is 4.98 Å². The second-order valence-electron chi connectivity index (χ2n) is 5.51. The minimum atomic E-state index is 0.339. The van der Waals surface area contributed by atoms with Gasteiger partial charge in [0.15, 0.2) is 0 Å². The number of nitrogens with one attached hydrogen (secondary N) is 1. The van der Waals surface area contributed by atoms with Crippen LogP contribution in [0.3, 0.4) is 0 Å². The number of aromatic nitrogens is 1. The fraction of sp³-hybridized carbons (Fsp3) is 0.105. The van der Waals surface area contributed by atoms with E-state index in [4.69, 9.17) is 20.6 Å². The molecule has 25 heavy (non-hydrogen) atoms. The van der Waals surface area contributed by atoms with Crippen molar-refractivity contribution in [1.82, 2.24) is 10.3 Å². The van der Waals surface area contributed by atoms with E-state index >= 15 is 0 Å². The molecule has 0 aliphatic carbocycles. The van der Waals surface area contributed by atoms with Crippen molar-refractivity contribution < 1.29 is 9.15 Å². The van der Waals surface area contributed by atoms with Crippen molar-refractivity contribution in [3.8, 4) is 5.75 Å². The van der Waals surface area contributed by atoms with Gasteiger partial charge in [-0.1, -0.05) is 19.2 Å². The molecule has 0 unspecified atom stereocenters. The van der Waals surface area contributed by atoms with E-state index in [0.29, 0.717) is 36.0 Å². The molecule has 2 heterocycles. The van der Waals surface area contributed by atoms with Crippen molar-refractivity contribution in [2.24, 2.45) is 0 Å². The molecule has 5 N–H and O–H groups in total. The van der Waals surface area contributed by atoms with E-state index in [9.17, 15) is 0 Å². The third kappa shape index (κ3) is 3.74. The maximum Gasteiger partial charge on any atom is 0.135 e. The standard InChI is InChI=1S/C19H20N4O2/c1-3-8-24-14-4-6-17-13(9-14)10-15(25-17)11-22-12(2)16-5-7-18(20)23-19(16)21/h3-7,9-10,22H,1-2,8,11H2,(H4,20,21,23). The molecule has 2 aromatic heterocycles. The molecule has 0 saturated carbocycles. The molecule has 0 fully saturated rings. The second-order valence-corrected chi connectivity index (χ2v) is 5.51. The monoisotopic (exact) mass is 336 g/mol. The van der Waals surface area contributed by atoms with E-state index in [0.717, 1.165) is 22.5 Å². The summed E-state index contributed by atoms with van der Waals surface area (Å²) in [6.07, 6.45) is 1.71. The van der Waals surface area contributed by atoms with E-state index < -0.39 is 0 Å².